The molecule has 0 aliphatic rings. The van der Waals surface area contributed by atoms with Gasteiger partial charge in [0.05, 0.1) is 28.4 Å². The van der Waals surface area contributed by atoms with Crippen molar-refractivity contribution in [1.82, 2.24) is 19.8 Å². The molecule has 3 heterocycles. The molecule has 0 spiro atoms. The maximum Gasteiger partial charge on any atom is 0.284 e. The van der Waals surface area contributed by atoms with Crippen molar-refractivity contribution in [3.05, 3.63) is 131 Å². The van der Waals surface area contributed by atoms with Crippen LogP contribution in [-0.2, 0) is 11.2 Å². The molecule has 8 heteroatoms. The molecule has 0 saturated carbocycles. The monoisotopic (exact) mass is 706 g/mol. The Bertz CT molecular complexity index is 2050. The summed E-state index contributed by atoms with van der Waals surface area (Å²) in [6.07, 6.45) is 4.05. The van der Waals surface area contributed by atoms with E-state index in [1.54, 1.807) is 0 Å². The number of rotatable bonds is 12. The van der Waals surface area contributed by atoms with Crippen LogP contribution in [-0.4, -0.2) is 51.9 Å². The van der Waals surface area contributed by atoms with E-state index in [2.05, 4.69) is 92.7 Å². The number of hydrogen-bond acceptors (Lipinski definition) is 3. The van der Waals surface area contributed by atoms with Crippen molar-refractivity contribution in [2.24, 2.45) is 0 Å². The van der Waals surface area contributed by atoms with Crippen molar-refractivity contribution < 1.29 is 9.20 Å². The molecule has 0 unspecified atom stereocenters. The number of benzene rings is 3. The van der Waals surface area contributed by atoms with Crippen LogP contribution in [0.15, 0.2) is 110 Å². The number of amides is 1. The maximum absolute atomic E-state index is 13.0. The fourth-order valence-corrected chi connectivity index (χ4v) is 6.54. The Balaban J connectivity index is 0.000000197. The third-order valence-electron chi connectivity index (χ3n) is 8.78. The second kappa shape index (κ2) is 17.3. The average molecular weight is 708 g/mol. The fraction of sp³-hybridized carbons (Fsp3) is 0.262. The summed E-state index contributed by atoms with van der Waals surface area (Å²) >= 11 is 12.3. The van der Waals surface area contributed by atoms with E-state index in [-0.39, 0.29) is 5.91 Å². The molecule has 0 aliphatic carbocycles. The van der Waals surface area contributed by atoms with Crippen LogP contribution in [0.1, 0.15) is 51.9 Å². The molecule has 0 bridgehead atoms. The quantitative estimate of drug-likeness (QED) is 0.129. The zero-order valence-electron chi connectivity index (χ0n) is 29.4. The number of nitrogens with zero attached hydrogens (tertiary/aromatic N) is 4. The minimum Gasteiger partial charge on any atom is -0.371 e. The summed E-state index contributed by atoms with van der Waals surface area (Å²) < 4.78 is 1.97. The van der Waals surface area contributed by atoms with Gasteiger partial charge < -0.3 is 9.80 Å². The minimum absolute atomic E-state index is 0.127. The smallest absolute Gasteiger partial charge is 0.284 e. The Hall–Kier alpha value is -4.65. The predicted molar refractivity (Wildman–Crippen MR) is 209 cm³/mol. The highest BCUT2D eigenvalue weighted by Crippen LogP contribution is 2.31. The first kappa shape index (κ1) is 36.6. The topological polar surface area (TPSA) is 56.3 Å². The van der Waals surface area contributed by atoms with Gasteiger partial charge in [-0.15, -0.1) is 0 Å². The van der Waals surface area contributed by atoms with Crippen LogP contribution in [0.25, 0.3) is 44.6 Å². The lowest BCUT2D eigenvalue weighted by Crippen LogP contribution is -2.36. The Morgan fingerprint density at radius 1 is 0.780 bits per heavy atom. The second-order valence-electron chi connectivity index (χ2n) is 12.2. The molecular weight excluding hydrogens is 661 g/mol. The molecule has 0 fully saturated rings. The second-order valence-corrected chi connectivity index (χ2v) is 13.0. The number of fused-ring (bicyclic) bond motifs is 2. The Labute approximate surface area is 306 Å². The molecule has 6 aromatic rings. The van der Waals surface area contributed by atoms with Gasteiger partial charge in [-0.3, -0.25) is 4.79 Å². The van der Waals surface area contributed by atoms with E-state index >= 15 is 0 Å². The van der Waals surface area contributed by atoms with Crippen LogP contribution in [0, 0.1) is 0 Å². The van der Waals surface area contributed by atoms with Gasteiger partial charge in [-0.2, -0.15) is 4.40 Å². The van der Waals surface area contributed by atoms with E-state index in [4.69, 9.17) is 28.2 Å². The number of carbonyl (C=O) groups is 1. The summed E-state index contributed by atoms with van der Waals surface area (Å²) in [5.74, 6) is 0.127. The summed E-state index contributed by atoms with van der Waals surface area (Å²) in [6, 6.07) is 32.3. The van der Waals surface area contributed by atoms with E-state index in [1.165, 1.54) is 16.5 Å². The van der Waals surface area contributed by atoms with Gasteiger partial charge in [0.1, 0.15) is 6.20 Å². The van der Waals surface area contributed by atoms with Crippen LogP contribution in [0.5, 0.6) is 0 Å². The zero-order valence-corrected chi connectivity index (χ0v) is 30.9. The Morgan fingerprint density at radius 3 is 2.08 bits per heavy atom. The number of aromatic nitrogens is 3. The van der Waals surface area contributed by atoms with E-state index < -0.39 is 0 Å². The molecule has 0 radical (unpaired) electrons. The third kappa shape index (κ3) is 8.55. The molecule has 3 aromatic carbocycles. The van der Waals surface area contributed by atoms with Gasteiger partial charge in [0.15, 0.2) is 11.4 Å². The van der Waals surface area contributed by atoms with Gasteiger partial charge >= 0.3 is 0 Å². The molecule has 50 heavy (non-hydrogen) atoms. The first-order chi connectivity index (χ1) is 24.3. The average Bonchev–Trinajstić information content (AvgIpc) is 3.49. The van der Waals surface area contributed by atoms with Crippen molar-refractivity contribution >= 4 is 51.4 Å². The number of nitrogens with one attached hydrogen (secondary N) is 1. The summed E-state index contributed by atoms with van der Waals surface area (Å²) in [5.41, 5.74) is 9.05. The number of para-hydroxylation sites is 1. The van der Waals surface area contributed by atoms with E-state index in [1.807, 2.05) is 64.0 Å². The highest BCUT2D eigenvalue weighted by molar-refractivity contribution is 6.30. The van der Waals surface area contributed by atoms with Crippen molar-refractivity contribution in [2.45, 2.75) is 47.0 Å². The van der Waals surface area contributed by atoms with Crippen molar-refractivity contribution in [1.29, 1.82) is 0 Å². The SMILES string of the molecule is C=C(c1cc(-c2ccccc2)c2ccccc2n1)N(CC)CC.CCCN(CCC)C(=O)Cc1c(-c2ccc(Cl)cc2)[nH]c2ccc(Cl)c[n+]12. The van der Waals surface area contributed by atoms with E-state index in [0.717, 1.165) is 78.5 Å². The minimum atomic E-state index is 0.127. The number of imidazole rings is 1. The van der Waals surface area contributed by atoms with E-state index in [0.29, 0.717) is 16.5 Å². The normalized spacial score (nSPS) is 10.9. The molecule has 6 nitrogen and oxygen atoms in total. The lowest BCUT2D eigenvalue weighted by Gasteiger charge is -2.23. The highest BCUT2D eigenvalue weighted by atomic mass is 35.5. The molecule has 0 atom stereocenters. The molecule has 0 saturated heterocycles. The summed E-state index contributed by atoms with van der Waals surface area (Å²) in [5, 5.41) is 2.48. The lowest BCUT2D eigenvalue weighted by molar-refractivity contribution is -0.518. The first-order valence-corrected chi connectivity index (χ1v) is 18.2. The lowest BCUT2D eigenvalue weighted by atomic mass is 9.99. The molecule has 6 rings (SSSR count). The van der Waals surface area contributed by atoms with Gasteiger partial charge in [0.25, 0.3) is 5.65 Å². The number of carbonyl (C=O) groups excluding carboxylic acids is 1. The van der Waals surface area contributed by atoms with Crippen LogP contribution in [0.4, 0.5) is 0 Å². The number of aromatic amines is 1. The number of halogens is 2. The molecule has 258 valence electrons. The van der Waals surface area contributed by atoms with Crippen LogP contribution < -0.4 is 4.40 Å². The molecule has 0 aliphatic heterocycles. The van der Waals surface area contributed by atoms with Crippen molar-refractivity contribution in [3.8, 4) is 22.4 Å². The van der Waals surface area contributed by atoms with Crippen LogP contribution in [0.3, 0.4) is 0 Å². The van der Waals surface area contributed by atoms with Crippen molar-refractivity contribution in [2.75, 3.05) is 26.2 Å². The number of pyridine rings is 2. The van der Waals surface area contributed by atoms with Gasteiger partial charge in [-0.1, -0.05) is 92.2 Å². The molecule has 1 N–H and O–H groups in total. The van der Waals surface area contributed by atoms with Gasteiger partial charge in [0, 0.05) is 48.2 Å². The fourth-order valence-electron chi connectivity index (χ4n) is 6.25. The van der Waals surface area contributed by atoms with Gasteiger partial charge in [-0.25, -0.2) is 9.97 Å². The summed E-state index contributed by atoms with van der Waals surface area (Å²) in [4.78, 5) is 25.4. The highest BCUT2D eigenvalue weighted by Gasteiger charge is 2.25. The zero-order chi connectivity index (χ0) is 35.6. The van der Waals surface area contributed by atoms with Crippen LogP contribution >= 0.6 is 23.2 Å². The predicted octanol–water partition coefficient (Wildman–Crippen LogP) is 10.1. The Morgan fingerprint density at radius 2 is 1.42 bits per heavy atom. The maximum atomic E-state index is 13.0. The van der Waals surface area contributed by atoms with Crippen molar-refractivity contribution in [3.63, 3.8) is 0 Å². The standard InChI is InChI=1S/C21H23Cl2N3O.C21H22N2/c1-3-11-25(12-4-2)20(27)13-18-21(15-5-7-16(22)8-6-15)24-19-10-9-17(23)14-26(18)19;1-4-23(5-2)16(3)21-15-19(17-11-7-6-8-12-17)18-13-9-10-14-20(18)22-21/h5-10,14H,3-4,11-13H2,1-2H3;6-15H,3-5H2,1-2H3/p+1. The Kier molecular flexibility index (Phi) is 12.7. The third-order valence-corrected chi connectivity index (χ3v) is 9.25. The summed E-state index contributed by atoms with van der Waals surface area (Å²) in [6.45, 7) is 16.2. The summed E-state index contributed by atoms with van der Waals surface area (Å²) in [7, 11) is 0. The number of hydrogen-bond donors (Lipinski definition) is 1. The van der Waals surface area contributed by atoms with E-state index in [9.17, 15) is 4.79 Å². The van der Waals surface area contributed by atoms with Gasteiger partial charge in [0.2, 0.25) is 5.91 Å². The largest absolute Gasteiger partial charge is 0.371 e. The number of H-pyrrole nitrogens is 1. The first-order valence-electron chi connectivity index (χ1n) is 17.4. The van der Waals surface area contributed by atoms with Crippen LogP contribution in [0.2, 0.25) is 10.0 Å². The van der Waals surface area contributed by atoms with Gasteiger partial charge in [-0.05, 0) is 80.3 Å². The molecule has 1 amide bonds. The molecule has 3 aromatic heterocycles. The molecular formula is C42H46Cl2N5O+.